The van der Waals surface area contributed by atoms with E-state index in [1.807, 2.05) is 6.92 Å². The molecule has 2 aromatic heterocycles. The summed E-state index contributed by atoms with van der Waals surface area (Å²) in [6.45, 7) is 5.23. The minimum Gasteiger partial charge on any atom is -0.354 e. The van der Waals surface area contributed by atoms with Gasteiger partial charge in [0.15, 0.2) is 5.65 Å². The molecule has 31 heavy (non-hydrogen) atoms. The summed E-state index contributed by atoms with van der Waals surface area (Å²) in [5.41, 5.74) is 1.41. The van der Waals surface area contributed by atoms with E-state index in [4.69, 9.17) is 0 Å². The summed E-state index contributed by atoms with van der Waals surface area (Å²) < 4.78 is 39.5. The van der Waals surface area contributed by atoms with Crippen LogP contribution in [0.25, 0.3) is 11.0 Å². The lowest BCUT2D eigenvalue weighted by molar-refractivity contribution is -0.137. The third-order valence-corrected chi connectivity index (χ3v) is 5.50. The highest BCUT2D eigenvalue weighted by Crippen LogP contribution is 2.34. The van der Waals surface area contributed by atoms with E-state index in [9.17, 15) is 18.0 Å². The van der Waals surface area contributed by atoms with Gasteiger partial charge < -0.3 is 10.2 Å². The number of benzene rings is 1. The molecule has 3 aromatic rings. The number of nitrogens with zero attached hydrogens (tertiary/aromatic N) is 3. The normalized spacial score (nSPS) is 17.1. The molecule has 1 saturated heterocycles. The number of nitrogens with one attached hydrogen (secondary N) is 1. The van der Waals surface area contributed by atoms with Crippen LogP contribution >= 0.6 is 0 Å². The number of hydrogen-bond acceptors (Lipinski definition) is 4. The van der Waals surface area contributed by atoms with Crippen LogP contribution in [0.15, 0.2) is 42.6 Å². The average Bonchev–Trinajstić information content (AvgIpc) is 2.73. The van der Waals surface area contributed by atoms with Gasteiger partial charge in [-0.3, -0.25) is 4.79 Å². The van der Waals surface area contributed by atoms with Crippen molar-refractivity contribution in [2.75, 3.05) is 18.4 Å². The standard InChI is InChI=1S/C23H23F3N4O/c1-14-5-4-10-30(13-14)22(31)19-12-27-21-18(9-8-15(2)28-21)20(19)29-17-7-3-6-16(11-17)23(24,25)26/h3,6-9,11-12,14H,4-5,10,13H2,1-2H3,(H,27,28,29). The number of rotatable bonds is 3. The van der Waals surface area contributed by atoms with Crippen LogP contribution < -0.4 is 5.32 Å². The van der Waals surface area contributed by atoms with Gasteiger partial charge in [-0.25, -0.2) is 9.97 Å². The second-order valence-corrected chi connectivity index (χ2v) is 8.07. The summed E-state index contributed by atoms with van der Waals surface area (Å²) >= 11 is 0. The first-order chi connectivity index (χ1) is 14.7. The minimum absolute atomic E-state index is 0.184. The Bertz CT molecular complexity index is 1130. The fraction of sp³-hybridized carbons (Fsp3) is 0.348. The average molecular weight is 428 g/mol. The number of anilines is 2. The van der Waals surface area contributed by atoms with Crippen molar-refractivity contribution in [3.8, 4) is 0 Å². The van der Waals surface area contributed by atoms with E-state index in [0.717, 1.165) is 30.7 Å². The molecule has 0 aliphatic carbocycles. The third-order valence-electron chi connectivity index (χ3n) is 5.50. The maximum atomic E-state index is 13.3. The number of likely N-dealkylation sites (tertiary alicyclic amines) is 1. The van der Waals surface area contributed by atoms with E-state index in [1.165, 1.54) is 12.3 Å². The summed E-state index contributed by atoms with van der Waals surface area (Å²) in [6, 6.07) is 8.51. The van der Waals surface area contributed by atoms with Gasteiger partial charge in [-0.2, -0.15) is 13.2 Å². The lowest BCUT2D eigenvalue weighted by Crippen LogP contribution is -2.39. The molecule has 1 amide bonds. The van der Waals surface area contributed by atoms with Gasteiger partial charge in [0, 0.05) is 36.1 Å². The van der Waals surface area contributed by atoms with Crippen molar-refractivity contribution in [2.45, 2.75) is 32.9 Å². The quantitative estimate of drug-likeness (QED) is 0.592. The zero-order valence-electron chi connectivity index (χ0n) is 17.3. The summed E-state index contributed by atoms with van der Waals surface area (Å²) in [5.74, 6) is 0.214. The van der Waals surface area contributed by atoms with E-state index < -0.39 is 11.7 Å². The maximum absolute atomic E-state index is 13.3. The van der Waals surface area contributed by atoms with E-state index in [-0.39, 0.29) is 11.6 Å². The predicted octanol–water partition coefficient (Wildman–Crippen LogP) is 5.57. The number of carbonyl (C=O) groups excluding carboxylic acids is 1. The molecule has 0 radical (unpaired) electrons. The molecule has 0 saturated carbocycles. The third kappa shape index (κ3) is 4.47. The molecule has 1 unspecified atom stereocenters. The van der Waals surface area contributed by atoms with E-state index >= 15 is 0 Å². The van der Waals surface area contributed by atoms with E-state index in [2.05, 4.69) is 22.2 Å². The molecule has 1 aromatic carbocycles. The second kappa shape index (κ2) is 8.17. The Hall–Kier alpha value is -3.16. The van der Waals surface area contributed by atoms with Crippen molar-refractivity contribution in [3.63, 3.8) is 0 Å². The van der Waals surface area contributed by atoms with Crippen molar-refractivity contribution < 1.29 is 18.0 Å². The predicted molar refractivity (Wildman–Crippen MR) is 113 cm³/mol. The van der Waals surface area contributed by atoms with Crippen LogP contribution in [-0.2, 0) is 6.18 Å². The number of carbonyl (C=O) groups is 1. The zero-order valence-corrected chi connectivity index (χ0v) is 17.3. The number of halogens is 3. The Morgan fingerprint density at radius 3 is 2.77 bits per heavy atom. The lowest BCUT2D eigenvalue weighted by atomic mass is 9.99. The Kier molecular flexibility index (Phi) is 5.56. The lowest BCUT2D eigenvalue weighted by Gasteiger charge is -2.31. The molecule has 1 atom stereocenters. The highest BCUT2D eigenvalue weighted by atomic mass is 19.4. The number of hydrogen-bond donors (Lipinski definition) is 1. The number of amides is 1. The second-order valence-electron chi connectivity index (χ2n) is 8.07. The Labute approximate surface area is 178 Å². The molecule has 0 spiro atoms. The van der Waals surface area contributed by atoms with Gasteiger partial charge in [0.1, 0.15) is 0 Å². The topological polar surface area (TPSA) is 58.1 Å². The molecule has 0 bridgehead atoms. The molecular formula is C23H23F3N4O. The van der Waals surface area contributed by atoms with Gasteiger partial charge in [-0.1, -0.05) is 13.0 Å². The van der Waals surface area contributed by atoms with Gasteiger partial charge in [-0.15, -0.1) is 0 Å². The Morgan fingerprint density at radius 1 is 1.23 bits per heavy atom. The van der Waals surface area contributed by atoms with Gasteiger partial charge >= 0.3 is 6.18 Å². The van der Waals surface area contributed by atoms with E-state index in [0.29, 0.717) is 41.3 Å². The number of pyridine rings is 2. The molecule has 5 nitrogen and oxygen atoms in total. The number of alkyl halides is 3. The fourth-order valence-corrected chi connectivity index (χ4v) is 3.93. The molecule has 1 aliphatic rings. The highest BCUT2D eigenvalue weighted by molar-refractivity contribution is 6.07. The Morgan fingerprint density at radius 2 is 2.03 bits per heavy atom. The smallest absolute Gasteiger partial charge is 0.354 e. The van der Waals surface area contributed by atoms with E-state index in [1.54, 1.807) is 23.1 Å². The van der Waals surface area contributed by atoms with Crippen molar-refractivity contribution >= 4 is 28.3 Å². The molecule has 1 fully saturated rings. The summed E-state index contributed by atoms with van der Waals surface area (Å²) in [7, 11) is 0. The van der Waals surface area contributed by atoms with Crippen LogP contribution in [0.4, 0.5) is 24.5 Å². The largest absolute Gasteiger partial charge is 0.416 e. The van der Waals surface area contributed by atoms with Crippen LogP contribution in [0.5, 0.6) is 0 Å². The monoisotopic (exact) mass is 428 g/mol. The van der Waals surface area contributed by atoms with Crippen molar-refractivity contribution in [3.05, 3.63) is 59.4 Å². The number of fused-ring (bicyclic) bond motifs is 1. The van der Waals surface area contributed by atoms with Crippen LogP contribution in [0.1, 0.15) is 41.4 Å². The molecule has 1 N–H and O–H groups in total. The van der Waals surface area contributed by atoms with Gasteiger partial charge in [0.2, 0.25) is 0 Å². The summed E-state index contributed by atoms with van der Waals surface area (Å²) in [4.78, 5) is 23.9. The molecular weight excluding hydrogens is 405 g/mol. The molecule has 8 heteroatoms. The number of piperidine rings is 1. The van der Waals surface area contributed by atoms with Gasteiger partial charge in [0.25, 0.3) is 5.91 Å². The molecule has 162 valence electrons. The minimum atomic E-state index is -4.46. The molecule has 4 rings (SSSR count). The molecule has 3 heterocycles. The van der Waals surface area contributed by atoms with Crippen molar-refractivity contribution in [1.82, 2.24) is 14.9 Å². The maximum Gasteiger partial charge on any atom is 0.416 e. The highest BCUT2D eigenvalue weighted by Gasteiger charge is 2.31. The zero-order chi connectivity index (χ0) is 22.2. The van der Waals surface area contributed by atoms with Crippen LogP contribution in [-0.4, -0.2) is 33.9 Å². The first-order valence-electron chi connectivity index (χ1n) is 10.2. The van der Waals surface area contributed by atoms with Crippen LogP contribution in [0, 0.1) is 12.8 Å². The van der Waals surface area contributed by atoms with Crippen molar-refractivity contribution in [2.24, 2.45) is 5.92 Å². The van der Waals surface area contributed by atoms with Crippen LogP contribution in [0.3, 0.4) is 0 Å². The first kappa shape index (κ1) is 21.1. The van der Waals surface area contributed by atoms with Crippen LogP contribution in [0.2, 0.25) is 0 Å². The van der Waals surface area contributed by atoms with Crippen molar-refractivity contribution in [1.29, 1.82) is 0 Å². The summed E-state index contributed by atoms with van der Waals surface area (Å²) in [6.07, 6.45) is -1.01. The first-order valence-corrected chi connectivity index (χ1v) is 10.2. The fourth-order valence-electron chi connectivity index (χ4n) is 3.93. The van der Waals surface area contributed by atoms with Gasteiger partial charge in [0.05, 0.1) is 16.8 Å². The number of aromatic nitrogens is 2. The SMILES string of the molecule is Cc1ccc2c(Nc3cccc(C(F)(F)F)c3)c(C(=O)N3CCCC(C)C3)cnc2n1. The number of aryl methyl sites for hydroxylation is 1. The van der Waals surface area contributed by atoms with Gasteiger partial charge in [-0.05, 0) is 56.0 Å². The Balaban J connectivity index is 1.80. The summed E-state index contributed by atoms with van der Waals surface area (Å²) in [5, 5.41) is 3.63. The molecule has 1 aliphatic heterocycles.